The zero-order valence-corrected chi connectivity index (χ0v) is 35.2. The highest BCUT2D eigenvalue weighted by Crippen LogP contribution is 2.43. The SMILES string of the molecule is c1ccc(-c2nc(-c3ccc(-n4c5ccccc5c5ccc6oc7ccccc7c6c54)c(-c4nc(-c5ccccc5)nc(-c5ccccc5)n4)c3)nc(-c3ccc4ccccc4c3)n2)cc1. The predicted molar refractivity (Wildman–Crippen MR) is 265 cm³/mol. The molecule has 0 amide bonds. The summed E-state index contributed by atoms with van der Waals surface area (Å²) in [6.45, 7) is 0. The Morgan fingerprint density at radius 1 is 0.318 bits per heavy atom. The molecule has 8 nitrogen and oxygen atoms in total. The van der Waals surface area contributed by atoms with Crippen molar-refractivity contribution in [3.63, 3.8) is 0 Å². The van der Waals surface area contributed by atoms with Crippen LogP contribution in [0.2, 0.25) is 0 Å². The fourth-order valence-electron chi connectivity index (χ4n) is 9.17. The third kappa shape index (κ3) is 6.31. The molecule has 0 spiro atoms. The Kier molecular flexibility index (Phi) is 8.67. The van der Waals surface area contributed by atoms with Crippen LogP contribution in [0.3, 0.4) is 0 Å². The van der Waals surface area contributed by atoms with Crippen LogP contribution in [0.4, 0.5) is 0 Å². The van der Waals surface area contributed by atoms with E-state index in [0.717, 1.165) is 93.6 Å². The van der Waals surface area contributed by atoms with Crippen LogP contribution in [0, 0.1) is 0 Å². The molecule has 0 saturated carbocycles. The number of hydrogen-bond acceptors (Lipinski definition) is 7. The van der Waals surface area contributed by atoms with Crippen molar-refractivity contribution in [3.8, 4) is 74.0 Å². The molecule has 0 fully saturated rings. The molecular formula is C58H35N7O. The van der Waals surface area contributed by atoms with E-state index >= 15 is 0 Å². The molecule has 66 heavy (non-hydrogen) atoms. The van der Waals surface area contributed by atoms with E-state index in [4.69, 9.17) is 34.3 Å². The molecule has 0 saturated heterocycles. The molecule has 0 radical (unpaired) electrons. The molecule has 4 aromatic heterocycles. The van der Waals surface area contributed by atoms with Gasteiger partial charge in [-0.1, -0.05) is 164 Å². The minimum Gasteiger partial charge on any atom is -0.456 e. The van der Waals surface area contributed by atoms with E-state index < -0.39 is 0 Å². The standard InChI is InChI=1S/C58H35N7O/c1-4-17-37(18-5-1)53-60-56(41-29-28-36-16-10-11-23-40(36)34-41)62-57(61-53)42-30-32-48(46(35-42)58-63-54(38-19-6-2-7-20-38)59-55(64-58)39-21-8-3-9-22-39)65-47-26-14-12-24-43(47)44-31-33-50-51(52(44)65)45-25-13-15-27-49(45)66-50/h1-35H. The van der Waals surface area contributed by atoms with Crippen molar-refractivity contribution >= 4 is 54.5 Å². The first kappa shape index (κ1) is 37.4. The van der Waals surface area contributed by atoms with Gasteiger partial charge >= 0.3 is 0 Å². The highest BCUT2D eigenvalue weighted by atomic mass is 16.3. The van der Waals surface area contributed by atoms with Crippen molar-refractivity contribution < 1.29 is 4.42 Å². The van der Waals surface area contributed by atoms with Gasteiger partial charge in [0.2, 0.25) is 0 Å². The fourth-order valence-corrected chi connectivity index (χ4v) is 9.17. The van der Waals surface area contributed by atoms with Crippen LogP contribution in [0.1, 0.15) is 0 Å². The lowest BCUT2D eigenvalue weighted by Gasteiger charge is -2.17. The molecule has 13 rings (SSSR count). The smallest absolute Gasteiger partial charge is 0.166 e. The zero-order valence-electron chi connectivity index (χ0n) is 35.2. The summed E-state index contributed by atoms with van der Waals surface area (Å²) >= 11 is 0. The molecule has 0 bridgehead atoms. The molecule has 0 unspecified atom stereocenters. The van der Waals surface area contributed by atoms with E-state index in [1.165, 1.54) is 0 Å². The van der Waals surface area contributed by atoms with E-state index in [1.807, 2.05) is 109 Å². The third-order valence-electron chi connectivity index (χ3n) is 12.3. The average molecular weight is 846 g/mol. The van der Waals surface area contributed by atoms with Crippen LogP contribution in [0.5, 0.6) is 0 Å². The molecule has 4 heterocycles. The predicted octanol–water partition coefficient (Wildman–Crippen LogP) is 14.2. The summed E-state index contributed by atoms with van der Waals surface area (Å²) in [6.07, 6.45) is 0. The second-order valence-electron chi connectivity index (χ2n) is 16.3. The maximum atomic E-state index is 6.52. The number of hydrogen-bond donors (Lipinski definition) is 0. The maximum Gasteiger partial charge on any atom is 0.166 e. The molecule has 0 aliphatic carbocycles. The van der Waals surface area contributed by atoms with Gasteiger partial charge in [0.25, 0.3) is 0 Å². The Hall–Kier alpha value is -9.14. The largest absolute Gasteiger partial charge is 0.456 e. The van der Waals surface area contributed by atoms with Gasteiger partial charge in [-0.25, -0.2) is 29.9 Å². The summed E-state index contributed by atoms with van der Waals surface area (Å²) in [5.74, 6) is 3.29. The maximum absolute atomic E-state index is 6.52. The second-order valence-corrected chi connectivity index (χ2v) is 16.3. The van der Waals surface area contributed by atoms with Crippen LogP contribution in [-0.4, -0.2) is 34.5 Å². The lowest BCUT2D eigenvalue weighted by Crippen LogP contribution is -2.05. The van der Waals surface area contributed by atoms with Crippen molar-refractivity contribution in [1.29, 1.82) is 0 Å². The monoisotopic (exact) mass is 845 g/mol. The van der Waals surface area contributed by atoms with Gasteiger partial charge in [-0.05, 0) is 59.3 Å². The molecule has 0 atom stereocenters. The quantitative estimate of drug-likeness (QED) is 0.158. The van der Waals surface area contributed by atoms with E-state index in [1.54, 1.807) is 0 Å². The number of furan rings is 1. The lowest BCUT2D eigenvalue weighted by atomic mass is 10.0. The van der Waals surface area contributed by atoms with Crippen molar-refractivity contribution in [2.45, 2.75) is 0 Å². The third-order valence-corrected chi connectivity index (χ3v) is 12.3. The average Bonchev–Trinajstić information content (AvgIpc) is 3.95. The summed E-state index contributed by atoms with van der Waals surface area (Å²) in [6, 6.07) is 72.3. The number of fused-ring (bicyclic) bond motifs is 8. The van der Waals surface area contributed by atoms with Gasteiger partial charge in [0.15, 0.2) is 34.9 Å². The molecule has 8 heteroatoms. The van der Waals surface area contributed by atoms with Crippen LogP contribution in [0.15, 0.2) is 217 Å². The number of benzene rings is 9. The van der Waals surface area contributed by atoms with Gasteiger partial charge in [0.05, 0.1) is 22.1 Å². The van der Waals surface area contributed by atoms with Crippen molar-refractivity contribution in [2.24, 2.45) is 0 Å². The van der Waals surface area contributed by atoms with Crippen molar-refractivity contribution in [2.75, 3.05) is 0 Å². The first-order valence-electron chi connectivity index (χ1n) is 21.9. The summed E-state index contributed by atoms with van der Waals surface area (Å²) in [4.78, 5) is 31.2. The molecular weight excluding hydrogens is 811 g/mol. The van der Waals surface area contributed by atoms with E-state index in [9.17, 15) is 0 Å². The Balaban J connectivity index is 1.12. The van der Waals surface area contributed by atoms with Crippen LogP contribution in [0.25, 0.3) is 129 Å². The van der Waals surface area contributed by atoms with Crippen LogP contribution >= 0.6 is 0 Å². The van der Waals surface area contributed by atoms with Gasteiger partial charge in [0, 0.05) is 49.5 Å². The molecule has 0 aliphatic rings. The Morgan fingerprint density at radius 2 is 0.818 bits per heavy atom. The Morgan fingerprint density at radius 3 is 1.47 bits per heavy atom. The summed E-state index contributed by atoms with van der Waals surface area (Å²) in [5, 5.41) is 6.55. The first-order chi connectivity index (χ1) is 32.7. The van der Waals surface area contributed by atoms with Gasteiger partial charge in [-0.2, -0.15) is 0 Å². The second kappa shape index (κ2) is 15.3. The Labute approximate surface area is 378 Å². The molecule has 308 valence electrons. The minimum absolute atomic E-state index is 0.502. The van der Waals surface area contributed by atoms with Gasteiger partial charge in [-0.3, -0.25) is 0 Å². The lowest BCUT2D eigenvalue weighted by molar-refractivity contribution is 0.669. The summed E-state index contributed by atoms with van der Waals surface area (Å²) in [7, 11) is 0. The summed E-state index contributed by atoms with van der Waals surface area (Å²) < 4.78 is 8.86. The molecule has 0 N–H and O–H groups in total. The van der Waals surface area contributed by atoms with Gasteiger partial charge in [-0.15, -0.1) is 0 Å². The molecule has 0 aliphatic heterocycles. The number of para-hydroxylation sites is 2. The molecule has 9 aromatic carbocycles. The number of aromatic nitrogens is 7. The van der Waals surface area contributed by atoms with Gasteiger partial charge in [0.1, 0.15) is 11.2 Å². The highest BCUT2D eigenvalue weighted by molar-refractivity contribution is 6.24. The first-order valence-corrected chi connectivity index (χ1v) is 21.9. The molecule has 13 aromatic rings. The van der Waals surface area contributed by atoms with Crippen molar-refractivity contribution in [1.82, 2.24) is 34.5 Å². The topological polar surface area (TPSA) is 95.4 Å². The van der Waals surface area contributed by atoms with Gasteiger partial charge < -0.3 is 8.98 Å². The fraction of sp³-hybridized carbons (Fsp3) is 0. The normalized spacial score (nSPS) is 11.6. The van der Waals surface area contributed by atoms with E-state index in [2.05, 4.69) is 108 Å². The zero-order chi connectivity index (χ0) is 43.6. The number of nitrogens with zero attached hydrogens (tertiary/aromatic N) is 7. The van der Waals surface area contributed by atoms with Crippen LogP contribution in [-0.2, 0) is 0 Å². The minimum atomic E-state index is 0.502. The number of rotatable bonds is 7. The highest BCUT2D eigenvalue weighted by Gasteiger charge is 2.24. The van der Waals surface area contributed by atoms with Crippen LogP contribution < -0.4 is 0 Å². The van der Waals surface area contributed by atoms with Crippen molar-refractivity contribution in [3.05, 3.63) is 212 Å². The van der Waals surface area contributed by atoms with E-state index in [-0.39, 0.29) is 0 Å². The Bertz CT molecular complexity index is 3940. The summed E-state index contributed by atoms with van der Waals surface area (Å²) in [5.41, 5.74) is 9.66. The van der Waals surface area contributed by atoms with E-state index in [0.29, 0.717) is 34.9 Å².